The van der Waals surface area contributed by atoms with Crippen molar-refractivity contribution in [1.82, 2.24) is 0 Å². The molecule has 0 aliphatic heterocycles. The molecule has 0 unspecified atom stereocenters. The van der Waals surface area contributed by atoms with Gasteiger partial charge < -0.3 is 0 Å². The monoisotopic (exact) mass is 258 g/mol. The summed E-state index contributed by atoms with van der Waals surface area (Å²) in [6.07, 6.45) is 7.41. The van der Waals surface area contributed by atoms with E-state index in [4.69, 9.17) is 0 Å². The highest BCUT2D eigenvalue weighted by Crippen LogP contribution is 2.47. The third-order valence-corrected chi connectivity index (χ3v) is 4.58. The van der Waals surface area contributed by atoms with Crippen LogP contribution in [0.1, 0.15) is 24.0 Å². The van der Waals surface area contributed by atoms with Crippen LogP contribution in [0.25, 0.3) is 11.1 Å². The number of hydrogen-bond acceptors (Lipinski definition) is 0. The van der Waals surface area contributed by atoms with Gasteiger partial charge in [0.2, 0.25) is 0 Å². The maximum Gasteiger partial charge on any atom is -0.000677 e. The lowest BCUT2D eigenvalue weighted by Crippen LogP contribution is -1.98. The van der Waals surface area contributed by atoms with E-state index in [2.05, 4.69) is 72.8 Å². The fraction of sp³-hybridized carbons (Fsp3) is 0.200. The third kappa shape index (κ3) is 2.02. The molecule has 0 atom stereocenters. The average Bonchev–Trinajstić information content (AvgIpc) is 3.08. The molecule has 0 heterocycles. The summed E-state index contributed by atoms with van der Waals surface area (Å²) in [5, 5.41) is 0. The predicted octanol–water partition coefficient (Wildman–Crippen LogP) is 5.19. The fourth-order valence-corrected chi connectivity index (χ4v) is 3.56. The van der Waals surface area contributed by atoms with Gasteiger partial charge in [0.15, 0.2) is 0 Å². The quantitative estimate of drug-likeness (QED) is 0.695. The van der Waals surface area contributed by atoms with Crippen molar-refractivity contribution in [1.29, 1.82) is 0 Å². The molecule has 2 aliphatic carbocycles. The van der Waals surface area contributed by atoms with Gasteiger partial charge in [-0.05, 0) is 47.0 Å². The molecule has 0 saturated carbocycles. The molecule has 0 aromatic heterocycles. The van der Waals surface area contributed by atoms with Gasteiger partial charge in [0.05, 0.1) is 0 Å². The van der Waals surface area contributed by atoms with E-state index in [0.717, 1.165) is 5.92 Å². The molecule has 0 radical (unpaired) electrons. The van der Waals surface area contributed by atoms with Crippen molar-refractivity contribution in [3.8, 4) is 0 Å². The Morgan fingerprint density at radius 2 is 1.05 bits per heavy atom. The topological polar surface area (TPSA) is 0 Å². The Balaban J connectivity index is 1.61. The first kappa shape index (κ1) is 11.7. The highest BCUT2D eigenvalue weighted by atomic mass is 14.4. The fourth-order valence-electron chi connectivity index (χ4n) is 3.56. The molecule has 0 nitrogen and oxygen atoms in total. The lowest BCUT2D eigenvalue weighted by Gasteiger charge is -2.09. The van der Waals surface area contributed by atoms with Gasteiger partial charge in [-0.15, -0.1) is 0 Å². The van der Waals surface area contributed by atoms with Crippen LogP contribution < -0.4 is 0 Å². The SMILES string of the molecule is C1=C(c2ccccc2)CC2CC(c3ccccc3)=CC12. The number of hydrogen-bond donors (Lipinski definition) is 0. The Hall–Kier alpha value is -2.08. The van der Waals surface area contributed by atoms with Gasteiger partial charge in [0.1, 0.15) is 0 Å². The molecule has 2 aromatic carbocycles. The van der Waals surface area contributed by atoms with Gasteiger partial charge in [-0.1, -0.05) is 72.8 Å². The molecule has 0 fully saturated rings. The van der Waals surface area contributed by atoms with Crippen LogP contribution in [0.4, 0.5) is 0 Å². The molecular formula is C20H18. The van der Waals surface area contributed by atoms with Crippen LogP contribution in [0.3, 0.4) is 0 Å². The summed E-state index contributed by atoms with van der Waals surface area (Å²) < 4.78 is 0. The van der Waals surface area contributed by atoms with E-state index in [-0.39, 0.29) is 0 Å². The lowest BCUT2D eigenvalue weighted by molar-refractivity contribution is 0.532. The largest absolute Gasteiger partial charge is 0.0735 e. The van der Waals surface area contributed by atoms with Gasteiger partial charge in [-0.3, -0.25) is 0 Å². The number of allylic oxidation sites excluding steroid dienone is 4. The molecular weight excluding hydrogens is 240 g/mol. The van der Waals surface area contributed by atoms with Crippen molar-refractivity contribution >= 4 is 11.1 Å². The maximum absolute atomic E-state index is 2.48. The van der Waals surface area contributed by atoms with E-state index < -0.39 is 0 Å². The molecule has 2 aromatic rings. The van der Waals surface area contributed by atoms with Gasteiger partial charge in [-0.2, -0.15) is 0 Å². The second-order valence-electron chi connectivity index (χ2n) is 5.86. The van der Waals surface area contributed by atoms with Crippen molar-refractivity contribution in [3.63, 3.8) is 0 Å². The highest BCUT2D eigenvalue weighted by molar-refractivity contribution is 5.74. The molecule has 0 spiro atoms. The summed E-state index contributed by atoms with van der Waals surface area (Å²) in [5.74, 6) is 1.42. The minimum atomic E-state index is 0.639. The Morgan fingerprint density at radius 3 is 1.45 bits per heavy atom. The van der Waals surface area contributed by atoms with E-state index >= 15 is 0 Å². The van der Waals surface area contributed by atoms with Crippen molar-refractivity contribution in [3.05, 3.63) is 83.9 Å². The zero-order valence-corrected chi connectivity index (χ0v) is 11.5. The van der Waals surface area contributed by atoms with Crippen molar-refractivity contribution < 1.29 is 0 Å². The van der Waals surface area contributed by atoms with Crippen LogP contribution in [0.2, 0.25) is 0 Å². The summed E-state index contributed by atoms with van der Waals surface area (Å²) >= 11 is 0. The van der Waals surface area contributed by atoms with E-state index in [1.165, 1.54) is 35.1 Å². The van der Waals surface area contributed by atoms with Crippen molar-refractivity contribution in [2.75, 3.05) is 0 Å². The van der Waals surface area contributed by atoms with Gasteiger partial charge in [0, 0.05) is 0 Å². The van der Waals surface area contributed by atoms with Crippen LogP contribution in [-0.2, 0) is 0 Å². The smallest absolute Gasteiger partial charge is 0.000677 e. The summed E-state index contributed by atoms with van der Waals surface area (Å²) in [6.45, 7) is 0. The predicted molar refractivity (Wildman–Crippen MR) is 85.1 cm³/mol. The lowest BCUT2D eigenvalue weighted by atomic mass is 9.95. The Kier molecular flexibility index (Phi) is 2.81. The number of rotatable bonds is 2. The van der Waals surface area contributed by atoms with E-state index in [1.54, 1.807) is 0 Å². The van der Waals surface area contributed by atoms with Crippen molar-refractivity contribution in [2.45, 2.75) is 12.8 Å². The Morgan fingerprint density at radius 1 is 0.600 bits per heavy atom. The number of benzene rings is 2. The first-order valence-electron chi connectivity index (χ1n) is 7.42. The van der Waals surface area contributed by atoms with Crippen molar-refractivity contribution in [2.24, 2.45) is 11.8 Å². The maximum atomic E-state index is 2.48. The normalized spacial score (nSPS) is 24.2. The average molecular weight is 258 g/mol. The van der Waals surface area contributed by atoms with Crippen LogP contribution in [0, 0.1) is 11.8 Å². The van der Waals surface area contributed by atoms with E-state index in [9.17, 15) is 0 Å². The Labute approximate surface area is 120 Å². The number of fused-ring (bicyclic) bond motifs is 1. The summed E-state index contributed by atoms with van der Waals surface area (Å²) in [7, 11) is 0. The molecule has 0 N–H and O–H groups in total. The van der Waals surface area contributed by atoms with E-state index in [1.807, 2.05) is 0 Å². The zero-order chi connectivity index (χ0) is 13.4. The van der Waals surface area contributed by atoms with Crippen LogP contribution in [0.5, 0.6) is 0 Å². The molecule has 20 heavy (non-hydrogen) atoms. The second-order valence-corrected chi connectivity index (χ2v) is 5.86. The van der Waals surface area contributed by atoms with Gasteiger partial charge in [-0.25, -0.2) is 0 Å². The van der Waals surface area contributed by atoms with E-state index in [0.29, 0.717) is 5.92 Å². The minimum Gasteiger partial charge on any atom is -0.0735 e. The Bertz CT molecular complexity index is 602. The first-order chi connectivity index (χ1) is 9.90. The zero-order valence-electron chi connectivity index (χ0n) is 11.5. The van der Waals surface area contributed by atoms with Gasteiger partial charge >= 0.3 is 0 Å². The van der Waals surface area contributed by atoms with Gasteiger partial charge in [0.25, 0.3) is 0 Å². The first-order valence-corrected chi connectivity index (χ1v) is 7.42. The summed E-state index contributed by atoms with van der Waals surface area (Å²) in [4.78, 5) is 0. The molecule has 0 saturated heterocycles. The molecule has 0 amide bonds. The highest BCUT2D eigenvalue weighted by Gasteiger charge is 2.32. The molecule has 0 bridgehead atoms. The molecule has 0 heteroatoms. The molecule has 2 aliphatic rings. The third-order valence-electron chi connectivity index (χ3n) is 4.58. The standard InChI is InChI=1S/C20H18/c1-3-7-15(8-4-1)17-11-19-13-18(14-20(19)12-17)16-9-5-2-6-10-16/h1-11,13,19-20H,12,14H2. The molecule has 4 rings (SSSR count). The second kappa shape index (κ2) is 4.79. The van der Waals surface area contributed by atoms with Crippen LogP contribution >= 0.6 is 0 Å². The van der Waals surface area contributed by atoms with Crippen LogP contribution in [-0.4, -0.2) is 0 Å². The minimum absolute atomic E-state index is 0.639. The summed E-state index contributed by atoms with van der Waals surface area (Å²) in [5.41, 5.74) is 5.86. The molecule has 98 valence electrons. The summed E-state index contributed by atoms with van der Waals surface area (Å²) in [6, 6.07) is 21.6. The van der Waals surface area contributed by atoms with Crippen LogP contribution in [0.15, 0.2) is 72.8 Å².